The summed E-state index contributed by atoms with van der Waals surface area (Å²) in [5.74, 6) is -0.115. The first kappa shape index (κ1) is 19.2. The number of hydrogen-bond acceptors (Lipinski definition) is 4. The number of hydrogen-bond donors (Lipinski definition) is 1. The minimum absolute atomic E-state index is 0.0439. The number of cyclic esters (lactones) is 1. The molecule has 27 heavy (non-hydrogen) atoms. The Balaban J connectivity index is 1.42. The van der Waals surface area contributed by atoms with Crippen molar-refractivity contribution >= 4 is 17.9 Å². The Hall–Kier alpha value is -2.57. The van der Waals surface area contributed by atoms with E-state index in [-0.39, 0.29) is 23.8 Å². The molecule has 2 aliphatic heterocycles. The van der Waals surface area contributed by atoms with E-state index in [1.165, 1.54) is 5.56 Å². The Morgan fingerprint density at radius 3 is 2.74 bits per heavy atom. The number of piperidine rings is 1. The van der Waals surface area contributed by atoms with Gasteiger partial charge < -0.3 is 19.9 Å². The number of carbonyl (C=O) groups excluding carboxylic acids is 3. The third-order valence-electron chi connectivity index (χ3n) is 5.12. The molecule has 3 rings (SSSR count). The largest absolute Gasteiger partial charge is 0.449 e. The van der Waals surface area contributed by atoms with Gasteiger partial charge >= 0.3 is 6.09 Å². The highest BCUT2D eigenvalue weighted by molar-refractivity contribution is 5.83. The van der Waals surface area contributed by atoms with Gasteiger partial charge in [-0.2, -0.15) is 0 Å². The summed E-state index contributed by atoms with van der Waals surface area (Å²) in [5.41, 5.74) is 1.19. The predicted molar refractivity (Wildman–Crippen MR) is 100.0 cm³/mol. The van der Waals surface area contributed by atoms with Crippen LogP contribution in [0.5, 0.6) is 0 Å². The van der Waals surface area contributed by atoms with Crippen molar-refractivity contribution in [2.45, 2.75) is 25.7 Å². The standard InChI is InChI=1S/C20H27N3O4/c24-18-8-7-17(15-23(18)12-9-16-5-2-1-3-6-16)19(25)21-10-13-22-11-4-14-27-20(22)26/h1-3,5-6,17H,4,7-15H2,(H,21,25)/t17-/m0/s1. The zero-order valence-electron chi connectivity index (χ0n) is 15.6. The van der Waals surface area contributed by atoms with Gasteiger partial charge in [0.15, 0.2) is 0 Å². The van der Waals surface area contributed by atoms with E-state index >= 15 is 0 Å². The lowest BCUT2D eigenvalue weighted by atomic mass is 9.96. The lowest BCUT2D eigenvalue weighted by molar-refractivity contribution is -0.138. The van der Waals surface area contributed by atoms with E-state index < -0.39 is 0 Å². The minimum Gasteiger partial charge on any atom is -0.449 e. The molecule has 2 aliphatic rings. The van der Waals surface area contributed by atoms with Gasteiger partial charge in [0.25, 0.3) is 0 Å². The highest BCUT2D eigenvalue weighted by Gasteiger charge is 2.30. The van der Waals surface area contributed by atoms with Gasteiger partial charge in [-0.05, 0) is 24.8 Å². The summed E-state index contributed by atoms with van der Waals surface area (Å²) >= 11 is 0. The summed E-state index contributed by atoms with van der Waals surface area (Å²) in [6.45, 7) is 3.09. The average molecular weight is 373 g/mol. The minimum atomic E-state index is -0.314. The fourth-order valence-electron chi connectivity index (χ4n) is 3.51. The van der Waals surface area contributed by atoms with Gasteiger partial charge in [-0.1, -0.05) is 30.3 Å². The van der Waals surface area contributed by atoms with Gasteiger partial charge in [0.1, 0.15) is 0 Å². The molecule has 0 aliphatic carbocycles. The van der Waals surface area contributed by atoms with Gasteiger partial charge in [0.2, 0.25) is 11.8 Å². The fraction of sp³-hybridized carbons (Fsp3) is 0.550. The van der Waals surface area contributed by atoms with Gasteiger partial charge in [-0.3, -0.25) is 9.59 Å². The van der Waals surface area contributed by atoms with Crippen LogP contribution < -0.4 is 5.32 Å². The van der Waals surface area contributed by atoms with Crippen molar-refractivity contribution in [3.8, 4) is 0 Å². The van der Waals surface area contributed by atoms with Crippen molar-refractivity contribution in [2.24, 2.45) is 5.92 Å². The molecule has 0 radical (unpaired) electrons. The molecule has 1 atom stereocenters. The Labute approximate surface area is 159 Å². The van der Waals surface area contributed by atoms with Crippen LogP contribution in [0.1, 0.15) is 24.8 Å². The molecule has 1 aromatic carbocycles. The molecule has 2 saturated heterocycles. The number of likely N-dealkylation sites (tertiary alicyclic amines) is 1. The molecule has 3 amide bonds. The second-order valence-electron chi connectivity index (χ2n) is 7.06. The fourth-order valence-corrected chi connectivity index (χ4v) is 3.51. The summed E-state index contributed by atoms with van der Waals surface area (Å²) in [5, 5.41) is 2.90. The van der Waals surface area contributed by atoms with Crippen LogP contribution in [-0.4, -0.2) is 67.0 Å². The molecular weight excluding hydrogens is 346 g/mol. The van der Waals surface area contributed by atoms with Crippen LogP contribution in [0.3, 0.4) is 0 Å². The third-order valence-corrected chi connectivity index (χ3v) is 5.12. The molecule has 1 aromatic rings. The number of benzene rings is 1. The third kappa shape index (κ3) is 5.45. The van der Waals surface area contributed by atoms with Gasteiger partial charge in [-0.25, -0.2) is 4.79 Å². The molecular formula is C20H27N3O4. The molecule has 7 nitrogen and oxygen atoms in total. The SMILES string of the molecule is O=C(NCCN1CCCOC1=O)[C@H]1CCC(=O)N(CCc2ccccc2)C1. The van der Waals surface area contributed by atoms with Crippen molar-refractivity contribution in [3.63, 3.8) is 0 Å². The van der Waals surface area contributed by atoms with Crippen LogP contribution >= 0.6 is 0 Å². The molecule has 1 N–H and O–H groups in total. The molecule has 146 valence electrons. The van der Waals surface area contributed by atoms with E-state index in [0.717, 1.165) is 12.8 Å². The van der Waals surface area contributed by atoms with E-state index in [1.54, 1.807) is 9.80 Å². The molecule has 7 heteroatoms. The molecule has 0 spiro atoms. The van der Waals surface area contributed by atoms with Crippen LogP contribution in [0.2, 0.25) is 0 Å². The molecule has 0 aromatic heterocycles. The Morgan fingerprint density at radius 1 is 1.15 bits per heavy atom. The predicted octanol–water partition coefficient (Wildman–Crippen LogP) is 1.43. The highest BCUT2D eigenvalue weighted by Crippen LogP contribution is 2.18. The van der Waals surface area contributed by atoms with Crippen LogP contribution in [0.25, 0.3) is 0 Å². The molecule has 0 bridgehead atoms. The van der Waals surface area contributed by atoms with E-state index in [1.807, 2.05) is 30.3 Å². The van der Waals surface area contributed by atoms with Crippen molar-refractivity contribution in [2.75, 3.05) is 39.3 Å². The molecule has 2 fully saturated rings. The Bertz CT molecular complexity index is 664. The normalized spacial score (nSPS) is 20.4. The first-order chi connectivity index (χ1) is 13.1. The van der Waals surface area contributed by atoms with Crippen LogP contribution in [0.15, 0.2) is 30.3 Å². The summed E-state index contributed by atoms with van der Waals surface area (Å²) in [4.78, 5) is 39.6. The second-order valence-corrected chi connectivity index (χ2v) is 7.06. The number of carbonyl (C=O) groups is 3. The Kier molecular flexibility index (Phi) is 6.68. The smallest absolute Gasteiger partial charge is 0.409 e. The van der Waals surface area contributed by atoms with Crippen molar-refractivity contribution in [1.82, 2.24) is 15.1 Å². The summed E-state index contributed by atoms with van der Waals surface area (Å²) in [7, 11) is 0. The van der Waals surface area contributed by atoms with Gasteiger partial charge in [-0.15, -0.1) is 0 Å². The average Bonchev–Trinajstić information content (AvgIpc) is 2.69. The van der Waals surface area contributed by atoms with E-state index in [0.29, 0.717) is 52.2 Å². The maximum atomic E-state index is 12.5. The van der Waals surface area contributed by atoms with Gasteiger partial charge in [0, 0.05) is 39.1 Å². The molecule has 0 unspecified atom stereocenters. The quantitative estimate of drug-likeness (QED) is 0.784. The maximum Gasteiger partial charge on any atom is 0.409 e. The van der Waals surface area contributed by atoms with E-state index in [2.05, 4.69) is 5.32 Å². The van der Waals surface area contributed by atoms with Crippen LogP contribution in [0.4, 0.5) is 4.79 Å². The zero-order valence-corrected chi connectivity index (χ0v) is 15.6. The Morgan fingerprint density at radius 2 is 1.96 bits per heavy atom. The maximum absolute atomic E-state index is 12.5. The van der Waals surface area contributed by atoms with Crippen molar-refractivity contribution in [3.05, 3.63) is 35.9 Å². The molecule has 0 saturated carbocycles. The lowest BCUT2D eigenvalue weighted by Crippen LogP contribution is -2.48. The molecule has 2 heterocycles. The highest BCUT2D eigenvalue weighted by atomic mass is 16.6. The summed E-state index contributed by atoms with van der Waals surface area (Å²) in [6, 6.07) is 10.0. The van der Waals surface area contributed by atoms with Crippen LogP contribution in [-0.2, 0) is 20.7 Å². The zero-order chi connectivity index (χ0) is 19.1. The van der Waals surface area contributed by atoms with E-state index in [9.17, 15) is 14.4 Å². The van der Waals surface area contributed by atoms with Crippen molar-refractivity contribution < 1.29 is 19.1 Å². The number of nitrogens with one attached hydrogen (secondary N) is 1. The van der Waals surface area contributed by atoms with Gasteiger partial charge in [0.05, 0.1) is 12.5 Å². The number of rotatable bonds is 7. The van der Waals surface area contributed by atoms with E-state index in [4.69, 9.17) is 4.74 Å². The first-order valence-electron chi connectivity index (χ1n) is 9.64. The lowest BCUT2D eigenvalue weighted by Gasteiger charge is -2.32. The number of amides is 3. The summed E-state index contributed by atoms with van der Waals surface area (Å²) < 4.78 is 4.98. The number of ether oxygens (including phenoxy) is 1. The topological polar surface area (TPSA) is 79.0 Å². The number of nitrogens with zero attached hydrogens (tertiary/aromatic N) is 2. The second kappa shape index (κ2) is 9.39. The summed E-state index contributed by atoms with van der Waals surface area (Å²) in [6.07, 6.45) is 2.29. The first-order valence-corrected chi connectivity index (χ1v) is 9.64. The van der Waals surface area contributed by atoms with Crippen molar-refractivity contribution in [1.29, 1.82) is 0 Å². The van der Waals surface area contributed by atoms with Crippen LogP contribution in [0, 0.1) is 5.92 Å². The monoisotopic (exact) mass is 373 g/mol.